The monoisotopic (exact) mass is 336 g/mol. The lowest BCUT2D eigenvalue weighted by Gasteiger charge is -2.30. The van der Waals surface area contributed by atoms with Crippen LogP contribution in [0.4, 0.5) is 5.69 Å². The van der Waals surface area contributed by atoms with Crippen LogP contribution in [0.2, 0.25) is 0 Å². The van der Waals surface area contributed by atoms with E-state index >= 15 is 0 Å². The molecule has 0 saturated heterocycles. The fourth-order valence-corrected chi connectivity index (χ4v) is 3.86. The highest BCUT2D eigenvalue weighted by atomic mass is 16.5. The smallest absolute Gasteiger partial charge is 0.300 e. The van der Waals surface area contributed by atoms with E-state index in [0.717, 1.165) is 12.8 Å². The number of carbonyl (C=O) groups is 2. The maximum atomic E-state index is 12.5. The van der Waals surface area contributed by atoms with Crippen molar-refractivity contribution in [3.05, 3.63) is 59.2 Å². The highest BCUT2D eigenvalue weighted by Crippen LogP contribution is 2.37. The van der Waals surface area contributed by atoms with E-state index in [1.807, 2.05) is 7.05 Å². The molecule has 4 rings (SSSR count). The van der Waals surface area contributed by atoms with Gasteiger partial charge in [0.05, 0.1) is 25.0 Å². The lowest BCUT2D eigenvalue weighted by molar-refractivity contribution is -0.114. The Balaban J connectivity index is 1.61. The van der Waals surface area contributed by atoms with Gasteiger partial charge in [-0.25, -0.2) is 0 Å². The van der Waals surface area contributed by atoms with Gasteiger partial charge < -0.3 is 4.74 Å². The molecule has 0 fully saturated rings. The van der Waals surface area contributed by atoms with Crippen LogP contribution in [0, 0.1) is 0 Å². The van der Waals surface area contributed by atoms with Crippen molar-refractivity contribution in [1.29, 1.82) is 0 Å². The van der Waals surface area contributed by atoms with Gasteiger partial charge in [0.1, 0.15) is 5.75 Å². The molecule has 2 aromatic carbocycles. The maximum absolute atomic E-state index is 12.5. The van der Waals surface area contributed by atoms with Gasteiger partial charge in [-0.05, 0) is 43.1 Å². The number of rotatable bonds is 4. The van der Waals surface area contributed by atoms with Crippen LogP contribution in [0.5, 0.6) is 5.75 Å². The largest absolute Gasteiger partial charge is 0.497 e. The van der Waals surface area contributed by atoms with E-state index in [2.05, 4.69) is 29.2 Å². The summed E-state index contributed by atoms with van der Waals surface area (Å²) in [4.78, 5) is 28.4. The van der Waals surface area contributed by atoms with Gasteiger partial charge in [0.15, 0.2) is 0 Å². The quantitative estimate of drug-likeness (QED) is 0.806. The van der Waals surface area contributed by atoms with Gasteiger partial charge in [0.25, 0.3) is 5.78 Å². The van der Waals surface area contributed by atoms with Gasteiger partial charge in [-0.3, -0.25) is 19.4 Å². The zero-order valence-electron chi connectivity index (χ0n) is 14.4. The Bertz CT molecular complexity index is 862. The molecule has 0 N–H and O–H groups in total. The molecule has 5 nitrogen and oxygen atoms in total. The fourth-order valence-electron chi connectivity index (χ4n) is 3.86. The molecule has 2 aliphatic rings. The number of anilines is 1. The van der Waals surface area contributed by atoms with E-state index in [9.17, 15) is 9.59 Å². The normalized spacial score (nSPS) is 18.7. The number of Topliss-reactive ketones (excluding diaryl/α,β-unsaturated/α-hetero) is 1. The van der Waals surface area contributed by atoms with Crippen molar-refractivity contribution in [3.63, 3.8) is 0 Å². The first-order valence-electron chi connectivity index (χ1n) is 8.42. The lowest BCUT2D eigenvalue weighted by Crippen LogP contribution is -2.40. The Hall–Kier alpha value is -2.66. The third-order valence-electron chi connectivity index (χ3n) is 5.18. The van der Waals surface area contributed by atoms with Crippen molar-refractivity contribution in [2.24, 2.45) is 0 Å². The Morgan fingerprint density at radius 1 is 1.20 bits per heavy atom. The zero-order valence-corrected chi connectivity index (χ0v) is 14.4. The molecule has 0 bridgehead atoms. The Kier molecular flexibility index (Phi) is 3.81. The molecule has 1 atom stereocenters. The number of hydrogen-bond acceptors (Lipinski definition) is 4. The topological polar surface area (TPSA) is 49.9 Å². The standard InChI is InChI=1S/C20H20N2O3/c1-21(17-10-7-13-5-3-4-6-15(13)17)12-22-18-11-14(25-2)8-9-16(18)19(23)20(22)24/h3-6,8-9,11,17H,7,10,12H2,1-2H3/t17-/m0/s1. The summed E-state index contributed by atoms with van der Waals surface area (Å²) in [6.07, 6.45) is 2.07. The molecule has 1 amide bonds. The van der Waals surface area contributed by atoms with Crippen molar-refractivity contribution in [1.82, 2.24) is 4.90 Å². The van der Waals surface area contributed by atoms with E-state index in [4.69, 9.17) is 4.74 Å². The van der Waals surface area contributed by atoms with Crippen molar-refractivity contribution in [3.8, 4) is 5.75 Å². The predicted molar refractivity (Wildman–Crippen MR) is 94.9 cm³/mol. The third-order valence-corrected chi connectivity index (χ3v) is 5.18. The van der Waals surface area contributed by atoms with Crippen molar-refractivity contribution >= 4 is 17.4 Å². The first kappa shape index (κ1) is 15.8. The zero-order chi connectivity index (χ0) is 17.6. The molecule has 0 radical (unpaired) electrons. The molecular weight excluding hydrogens is 316 g/mol. The van der Waals surface area contributed by atoms with Crippen LogP contribution in [0.1, 0.15) is 33.9 Å². The van der Waals surface area contributed by atoms with Crippen molar-refractivity contribution in [2.45, 2.75) is 18.9 Å². The Morgan fingerprint density at radius 3 is 2.80 bits per heavy atom. The molecule has 0 unspecified atom stereocenters. The fraction of sp³-hybridized carbons (Fsp3) is 0.300. The number of ether oxygens (including phenoxy) is 1. The molecule has 25 heavy (non-hydrogen) atoms. The van der Waals surface area contributed by atoms with Gasteiger partial charge in [-0.2, -0.15) is 0 Å². The average Bonchev–Trinajstić information content (AvgIpc) is 3.17. The number of ketones is 1. The summed E-state index contributed by atoms with van der Waals surface area (Å²) in [5.41, 5.74) is 3.76. The molecule has 1 heterocycles. The molecule has 1 aliphatic carbocycles. The maximum Gasteiger partial charge on any atom is 0.300 e. The molecular formula is C20H20N2O3. The molecule has 0 aromatic heterocycles. The van der Waals surface area contributed by atoms with Crippen LogP contribution in [-0.4, -0.2) is 37.4 Å². The summed E-state index contributed by atoms with van der Waals surface area (Å²) in [6, 6.07) is 13.8. The van der Waals surface area contributed by atoms with E-state index in [1.165, 1.54) is 11.1 Å². The molecule has 0 saturated carbocycles. The average molecular weight is 336 g/mol. The van der Waals surface area contributed by atoms with Crippen LogP contribution in [0.15, 0.2) is 42.5 Å². The third kappa shape index (κ3) is 2.51. The summed E-state index contributed by atoms with van der Waals surface area (Å²) >= 11 is 0. The molecule has 2 aromatic rings. The van der Waals surface area contributed by atoms with Crippen LogP contribution in [0.25, 0.3) is 0 Å². The van der Waals surface area contributed by atoms with Crippen LogP contribution < -0.4 is 9.64 Å². The highest BCUT2D eigenvalue weighted by molar-refractivity contribution is 6.52. The summed E-state index contributed by atoms with van der Waals surface area (Å²) in [6.45, 7) is 0.379. The number of benzene rings is 2. The minimum Gasteiger partial charge on any atom is -0.497 e. The lowest BCUT2D eigenvalue weighted by atomic mass is 10.1. The summed E-state index contributed by atoms with van der Waals surface area (Å²) < 4.78 is 5.25. The van der Waals surface area contributed by atoms with E-state index in [0.29, 0.717) is 23.7 Å². The summed E-state index contributed by atoms with van der Waals surface area (Å²) in [5, 5.41) is 0. The minimum absolute atomic E-state index is 0.258. The molecule has 128 valence electrons. The van der Waals surface area contributed by atoms with Crippen LogP contribution in [0.3, 0.4) is 0 Å². The Labute approximate surface area is 146 Å². The SMILES string of the molecule is COc1ccc2c(c1)N(CN(C)[C@H]1CCc3ccccc31)C(=O)C2=O. The minimum atomic E-state index is -0.471. The Morgan fingerprint density at radius 2 is 2.00 bits per heavy atom. The number of amides is 1. The molecule has 5 heteroatoms. The second-order valence-electron chi connectivity index (χ2n) is 6.60. The van der Waals surface area contributed by atoms with E-state index in [-0.39, 0.29) is 6.04 Å². The van der Waals surface area contributed by atoms with Gasteiger partial charge in [0, 0.05) is 12.1 Å². The highest BCUT2D eigenvalue weighted by Gasteiger charge is 2.38. The molecule has 0 spiro atoms. The van der Waals surface area contributed by atoms with E-state index < -0.39 is 11.7 Å². The number of nitrogens with zero attached hydrogens (tertiary/aromatic N) is 2. The molecule has 1 aliphatic heterocycles. The first-order chi connectivity index (χ1) is 12.1. The van der Waals surface area contributed by atoms with Gasteiger partial charge in [0.2, 0.25) is 0 Å². The van der Waals surface area contributed by atoms with Gasteiger partial charge >= 0.3 is 5.91 Å². The number of carbonyl (C=O) groups excluding carboxylic acids is 2. The summed E-state index contributed by atoms with van der Waals surface area (Å²) in [7, 11) is 3.58. The van der Waals surface area contributed by atoms with Gasteiger partial charge in [-0.1, -0.05) is 24.3 Å². The van der Waals surface area contributed by atoms with Crippen LogP contribution in [-0.2, 0) is 11.2 Å². The first-order valence-corrected chi connectivity index (χ1v) is 8.42. The number of methoxy groups -OCH3 is 1. The number of aryl methyl sites for hydroxylation is 1. The van der Waals surface area contributed by atoms with Gasteiger partial charge in [-0.15, -0.1) is 0 Å². The number of hydrogen-bond donors (Lipinski definition) is 0. The van der Waals surface area contributed by atoms with Crippen LogP contribution >= 0.6 is 0 Å². The second-order valence-corrected chi connectivity index (χ2v) is 6.60. The van der Waals surface area contributed by atoms with Crippen molar-refractivity contribution < 1.29 is 14.3 Å². The second kappa shape index (κ2) is 6.01. The van der Waals surface area contributed by atoms with Crippen molar-refractivity contribution in [2.75, 3.05) is 25.7 Å². The predicted octanol–water partition coefficient (Wildman–Crippen LogP) is 2.80. The summed E-state index contributed by atoms with van der Waals surface area (Å²) in [5.74, 6) is -0.278. The number of fused-ring (bicyclic) bond motifs is 2. The van der Waals surface area contributed by atoms with E-state index in [1.54, 1.807) is 30.2 Å².